The second-order valence-electron chi connectivity index (χ2n) is 3.52. The minimum Gasteiger partial charge on any atom is -0.481 e. The van der Waals surface area contributed by atoms with Crippen LogP contribution in [0.2, 0.25) is 0 Å². The third kappa shape index (κ3) is 4.22. The monoisotopic (exact) mass is 316 g/mol. The fourth-order valence-corrected chi connectivity index (χ4v) is 1.43. The van der Waals surface area contributed by atoms with Crippen molar-refractivity contribution in [1.29, 1.82) is 0 Å². The molecular weight excluding hydrogens is 311 g/mol. The zero-order valence-electron chi connectivity index (χ0n) is 9.73. The van der Waals surface area contributed by atoms with Crippen LogP contribution in [0, 0.1) is 10.1 Å². The number of hydrogen-bond acceptors (Lipinski definition) is 5. The minimum absolute atomic E-state index is 0.134. The molecule has 0 saturated carbocycles. The van der Waals surface area contributed by atoms with Gasteiger partial charge in [0.15, 0.2) is 0 Å². The van der Waals surface area contributed by atoms with Gasteiger partial charge in [-0.25, -0.2) is 13.8 Å². The number of alkyl halides is 5. The van der Waals surface area contributed by atoms with E-state index < -0.39 is 52.8 Å². The summed E-state index contributed by atoms with van der Waals surface area (Å²) in [5, 5.41) is 19.3. The molecule has 1 aromatic rings. The number of rotatable bonds is 5. The molecule has 0 aromatic carbocycles. The van der Waals surface area contributed by atoms with E-state index >= 15 is 0 Å². The molecule has 0 saturated heterocycles. The Kier molecular flexibility index (Phi) is 4.60. The number of ether oxygens (including phenoxy) is 1. The number of hydrogen-bond donors (Lipinski definition) is 1. The number of aromatic nitrogens is 1. The Balaban J connectivity index is 3.55. The SMILES string of the molecule is O=C(O)Cc1c(OC(F)(F)F)ncc(C(F)F)c1[N+](=O)[O-]. The molecule has 1 N–H and O–H groups in total. The Morgan fingerprint density at radius 2 is 2.05 bits per heavy atom. The fraction of sp³-hybridized carbons (Fsp3) is 0.333. The van der Waals surface area contributed by atoms with Crippen molar-refractivity contribution in [3.05, 3.63) is 27.4 Å². The number of nitrogens with zero attached hydrogens (tertiary/aromatic N) is 2. The quantitative estimate of drug-likeness (QED) is 0.508. The maximum Gasteiger partial charge on any atom is 0.574 e. The highest BCUT2D eigenvalue weighted by Crippen LogP contribution is 2.37. The summed E-state index contributed by atoms with van der Waals surface area (Å²) in [6, 6.07) is 0. The molecule has 1 aromatic heterocycles. The fourth-order valence-electron chi connectivity index (χ4n) is 1.43. The van der Waals surface area contributed by atoms with Crippen molar-refractivity contribution in [3.8, 4) is 5.88 Å². The maximum absolute atomic E-state index is 12.6. The van der Waals surface area contributed by atoms with Crippen LogP contribution < -0.4 is 4.74 Å². The third-order valence-electron chi connectivity index (χ3n) is 2.10. The van der Waals surface area contributed by atoms with Crippen LogP contribution in [0.4, 0.5) is 27.6 Å². The summed E-state index contributed by atoms with van der Waals surface area (Å²) in [4.78, 5) is 22.8. The van der Waals surface area contributed by atoms with Crippen LogP contribution in [0.5, 0.6) is 5.88 Å². The number of carboxylic acid groups (broad SMARTS) is 1. The minimum atomic E-state index is -5.32. The summed E-state index contributed by atoms with van der Waals surface area (Å²) in [7, 11) is 0. The van der Waals surface area contributed by atoms with E-state index in [1.165, 1.54) is 0 Å². The lowest BCUT2D eigenvalue weighted by Crippen LogP contribution is -2.20. The predicted molar refractivity (Wildman–Crippen MR) is 53.9 cm³/mol. The Hall–Kier alpha value is -2.53. The highest BCUT2D eigenvalue weighted by molar-refractivity contribution is 5.74. The molecule has 0 aliphatic carbocycles. The van der Waals surface area contributed by atoms with Crippen molar-refractivity contribution in [3.63, 3.8) is 0 Å². The van der Waals surface area contributed by atoms with Gasteiger partial charge in [0.2, 0.25) is 5.88 Å². The van der Waals surface area contributed by atoms with E-state index in [-0.39, 0.29) is 6.20 Å². The third-order valence-corrected chi connectivity index (χ3v) is 2.10. The largest absolute Gasteiger partial charge is 0.574 e. The van der Waals surface area contributed by atoms with Gasteiger partial charge in [-0.15, -0.1) is 13.2 Å². The lowest BCUT2D eigenvalue weighted by molar-refractivity contribution is -0.387. The van der Waals surface area contributed by atoms with Crippen molar-refractivity contribution in [1.82, 2.24) is 4.98 Å². The van der Waals surface area contributed by atoms with Crippen LogP contribution in [-0.4, -0.2) is 27.3 Å². The van der Waals surface area contributed by atoms with Gasteiger partial charge < -0.3 is 9.84 Å². The van der Waals surface area contributed by atoms with Crippen LogP contribution in [0.3, 0.4) is 0 Å². The van der Waals surface area contributed by atoms with Gasteiger partial charge in [0, 0.05) is 6.20 Å². The lowest BCUT2D eigenvalue weighted by Gasteiger charge is -2.13. The van der Waals surface area contributed by atoms with Crippen LogP contribution in [0.1, 0.15) is 17.6 Å². The molecule has 0 amide bonds. The van der Waals surface area contributed by atoms with Crippen molar-refractivity contribution in [2.45, 2.75) is 19.2 Å². The van der Waals surface area contributed by atoms with Gasteiger partial charge in [0.25, 0.3) is 12.1 Å². The van der Waals surface area contributed by atoms with Gasteiger partial charge in [-0.2, -0.15) is 0 Å². The first-order valence-electron chi connectivity index (χ1n) is 4.94. The molecule has 0 aliphatic rings. The highest BCUT2D eigenvalue weighted by atomic mass is 19.4. The molecule has 12 heteroatoms. The van der Waals surface area contributed by atoms with E-state index in [0.29, 0.717) is 0 Å². The molecule has 0 fully saturated rings. The van der Waals surface area contributed by atoms with E-state index in [0.717, 1.165) is 0 Å². The predicted octanol–water partition coefficient (Wildman–Crippen LogP) is 2.45. The molecule has 0 radical (unpaired) electrons. The Bertz CT molecular complexity index is 574. The molecule has 0 unspecified atom stereocenters. The molecule has 7 nitrogen and oxygen atoms in total. The van der Waals surface area contributed by atoms with E-state index in [2.05, 4.69) is 9.72 Å². The highest BCUT2D eigenvalue weighted by Gasteiger charge is 2.37. The standard InChI is InChI=1S/C9H5F5N2O5/c10-7(11)4-2-15-8(21-9(12,13)14)3(1-5(17)18)6(4)16(19)20/h2,7H,1H2,(H,17,18). The maximum atomic E-state index is 12.6. The van der Waals surface area contributed by atoms with Crippen molar-refractivity contribution >= 4 is 11.7 Å². The number of pyridine rings is 1. The van der Waals surface area contributed by atoms with Crippen LogP contribution in [0.15, 0.2) is 6.20 Å². The first-order valence-corrected chi connectivity index (χ1v) is 4.94. The molecule has 0 atom stereocenters. The Labute approximate surface area is 112 Å². The Morgan fingerprint density at radius 3 is 2.43 bits per heavy atom. The summed E-state index contributed by atoms with van der Waals surface area (Å²) in [5.74, 6) is -3.24. The smallest absolute Gasteiger partial charge is 0.481 e. The van der Waals surface area contributed by atoms with Gasteiger partial charge in [0.1, 0.15) is 11.1 Å². The number of carbonyl (C=O) groups is 1. The first kappa shape index (κ1) is 16.5. The van der Waals surface area contributed by atoms with Crippen LogP contribution in [0.25, 0.3) is 0 Å². The summed E-state index contributed by atoms with van der Waals surface area (Å²) in [6.45, 7) is 0. The molecule has 116 valence electrons. The number of nitro groups is 1. The molecule has 1 rings (SSSR count). The number of aliphatic carboxylic acids is 1. The molecule has 21 heavy (non-hydrogen) atoms. The summed E-state index contributed by atoms with van der Waals surface area (Å²) >= 11 is 0. The second kappa shape index (κ2) is 5.85. The van der Waals surface area contributed by atoms with Gasteiger partial charge in [0.05, 0.1) is 11.3 Å². The number of carboxylic acids is 1. The van der Waals surface area contributed by atoms with E-state index in [1.54, 1.807) is 0 Å². The topological polar surface area (TPSA) is 103 Å². The molecule has 0 aliphatic heterocycles. The Morgan fingerprint density at radius 1 is 1.48 bits per heavy atom. The summed E-state index contributed by atoms with van der Waals surface area (Å²) in [6.07, 6.45) is -9.95. The lowest BCUT2D eigenvalue weighted by atomic mass is 10.1. The van der Waals surface area contributed by atoms with E-state index in [4.69, 9.17) is 5.11 Å². The first-order chi connectivity index (χ1) is 9.53. The molecule has 0 spiro atoms. The average molecular weight is 316 g/mol. The molecule has 1 heterocycles. The zero-order chi connectivity index (χ0) is 16.4. The van der Waals surface area contributed by atoms with Crippen molar-refractivity contribution in [2.75, 3.05) is 0 Å². The van der Waals surface area contributed by atoms with Crippen molar-refractivity contribution < 1.29 is 41.5 Å². The molecular formula is C9H5F5N2O5. The normalized spacial score (nSPS) is 11.5. The van der Waals surface area contributed by atoms with Gasteiger partial charge in [-0.3, -0.25) is 14.9 Å². The summed E-state index contributed by atoms with van der Waals surface area (Å²) < 4.78 is 64.9. The van der Waals surface area contributed by atoms with Gasteiger partial charge in [-0.05, 0) is 0 Å². The second-order valence-corrected chi connectivity index (χ2v) is 3.52. The molecule has 0 bridgehead atoms. The van der Waals surface area contributed by atoms with Crippen LogP contribution in [-0.2, 0) is 11.2 Å². The van der Waals surface area contributed by atoms with Crippen LogP contribution >= 0.6 is 0 Å². The number of halogens is 5. The van der Waals surface area contributed by atoms with E-state index in [1.807, 2.05) is 0 Å². The van der Waals surface area contributed by atoms with Gasteiger partial charge >= 0.3 is 12.3 Å². The van der Waals surface area contributed by atoms with E-state index in [9.17, 15) is 36.9 Å². The zero-order valence-corrected chi connectivity index (χ0v) is 9.73. The summed E-state index contributed by atoms with van der Waals surface area (Å²) in [5.41, 5.74) is -3.96. The average Bonchev–Trinajstić information content (AvgIpc) is 2.27. The van der Waals surface area contributed by atoms with Gasteiger partial charge in [-0.1, -0.05) is 0 Å². The van der Waals surface area contributed by atoms with Crippen molar-refractivity contribution in [2.24, 2.45) is 0 Å².